The van der Waals surface area contributed by atoms with E-state index in [1.54, 1.807) is 12.1 Å². The van der Waals surface area contributed by atoms with E-state index >= 15 is 0 Å². The van der Waals surface area contributed by atoms with Crippen LogP contribution in [0.3, 0.4) is 0 Å². The highest BCUT2D eigenvalue weighted by Gasteiger charge is 2.20. The first-order chi connectivity index (χ1) is 15.0. The van der Waals surface area contributed by atoms with Crippen molar-refractivity contribution in [1.82, 2.24) is 14.8 Å². The van der Waals surface area contributed by atoms with Crippen molar-refractivity contribution in [2.24, 2.45) is 0 Å². The Bertz CT molecular complexity index is 1050. The van der Waals surface area contributed by atoms with Crippen LogP contribution in [-0.4, -0.2) is 46.9 Å². The molecule has 2 aromatic carbocycles. The minimum atomic E-state index is -0.413. The molecule has 1 N–H and O–H groups in total. The van der Waals surface area contributed by atoms with Crippen molar-refractivity contribution in [3.63, 3.8) is 0 Å². The predicted octanol–water partition coefficient (Wildman–Crippen LogP) is 4.18. The molecule has 4 rings (SSSR count). The van der Waals surface area contributed by atoms with Crippen molar-refractivity contribution in [3.8, 4) is 0 Å². The van der Waals surface area contributed by atoms with Crippen LogP contribution in [0.15, 0.2) is 53.1 Å². The molecule has 0 bridgehead atoms. The van der Waals surface area contributed by atoms with E-state index in [4.69, 9.17) is 16.0 Å². The Morgan fingerprint density at radius 2 is 1.71 bits per heavy atom. The van der Waals surface area contributed by atoms with Crippen molar-refractivity contribution >= 4 is 23.2 Å². The van der Waals surface area contributed by atoms with Crippen molar-refractivity contribution in [2.45, 2.75) is 13.1 Å². The fourth-order valence-electron chi connectivity index (χ4n) is 3.41. The maximum absolute atomic E-state index is 13.3. The number of halogens is 3. The third-order valence-corrected chi connectivity index (χ3v) is 5.39. The summed E-state index contributed by atoms with van der Waals surface area (Å²) in [6.45, 7) is 4.52. The molecule has 3 aromatic rings. The van der Waals surface area contributed by atoms with Gasteiger partial charge in [0.2, 0.25) is 5.89 Å². The molecular weight excluding hydrogens is 426 g/mol. The maximum atomic E-state index is 13.3. The minimum Gasteiger partial charge on any atom is -0.447 e. The standard InChI is InChI=1S/C22H21ClF2N4O2/c23-18-11-15(1-6-19(18)25)12-28-7-9-29(10-8-28)13-21-27-20(14-31-21)22(30)26-17-4-2-16(24)3-5-17/h1-6,11,14H,7-10,12-13H2,(H,26,30). The molecule has 1 aliphatic rings. The van der Waals surface area contributed by atoms with E-state index in [1.807, 2.05) is 0 Å². The fraction of sp³-hybridized carbons (Fsp3) is 0.273. The molecule has 0 aliphatic carbocycles. The summed E-state index contributed by atoms with van der Waals surface area (Å²) in [5.41, 5.74) is 1.63. The highest BCUT2D eigenvalue weighted by atomic mass is 35.5. The van der Waals surface area contributed by atoms with Gasteiger partial charge in [0, 0.05) is 38.4 Å². The van der Waals surface area contributed by atoms with Gasteiger partial charge < -0.3 is 9.73 Å². The fourth-order valence-corrected chi connectivity index (χ4v) is 3.61. The lowest BCUT2D eigenvalue weighted by Crippen LogP contribution is -2.45. The van der Waals surface area contributed by atoms with Gasteiger partial charge in [0.05, 0.1) is 11.6 Å². The predicted molar refractivity (Wildman–Crippen MR) is 113 cm³/mol. The average Bonchev–Trinajstić information content (AvgIpc) is 3.22. The number of carbonyl (C=O) groups is 1. The zero-order valence-electron chi connectivity index (χ0n) is 16.7. The second-order valence-electron chi connectivity index (χ2n) is 7.39. The van der Waals surface area contributed by atoms with Crippen molar-refractivity contribution in [2.75, 3.05) is 31.5 Å². The van der Waals surface area contributed by atoms with Gasteiger partial charge in [0.1, 0.15) is 17.9 Å². The molecule has 6 nitrogen and oxygen atoms in total. The normalized spacial score (nSPS) is 15.2. The first kappa shape index (κ1) is 21.4. The molecular formula is C22H21ClF2N4O2. The summed E-state index contributed by atoms with van der Waals surface area (Å²) in [4.78, 5) is 21.0. The SMILES string of the molecule is O=C(Nc1ccc(F)cc1)c1coc(CN2CCN(Cc3ccc(F)c(Cl)c3)CC2)n1. The average molecular weight is 447 g/mol. The molecule has 162 valence electrons. The molecule has 1 saturated heterocycles. The summed E-state index contributed by atoms with van der Waals surface area (Å²) in [6, 6.07) is 10.3. The lowest BCUT2D eigenvalue weighted by Gasteiger charge is -2.34. The number of carbonyl (C=O) groups excluding carboxylic acids is 1. The van der Waals surface area contributed by atoms with E-state index in [9.17, 15) is 13.6 Å². The molecule has 0 spiro atoms. The Kier molecular flexibility index (Phi) is 6.60. The third-order valence-electron chi connectivity index (χ3n) is 5.10. The number of hydrogen-bond acceptors (Lipinski definition) is 5. The van der Waals surface area contributed by atoms with Gasteiger partial charge in [-0.2, -0.15) is 0 Å². The second kappa shape index (κ2) is 9.55. The summed E-state index contributed by atoms with van der Waals surface area (Å²) in [7, 11) is 0. The summed E-state index contributed by atoms with van der Waals surface area (Å²) in [5.74, 6) is -0.734. The molecule has 0 saturated carbocycles. The van der Waals surface area contributed by atoms with Crippen LogP contribution in [-0.2, 0) is 13.1 Å². The first-order valence-corrected chi connectivity index (χ1v) is 10.2. The molecule has 1 aromatic heterocycles. The molecule has 1 fully saturated rings. The monoisotopic (exact) mass is 446 g/mol. The van der Waals surface area contributed by atoms with Gasteiger partial charge in [0.15, 0.2) is 5.69 Å². The van der Waals surface area contributed by atoms with Gasteiger partial charge in [-0.1, -0.05) is 17.7 Å². The zero-order chi connectivity index (χ0) is 21.8. The second-order valence-corrected chi connectivity index (χ2v) is 7.80. The Hall–Kier alpha value is -2.81. The largest absolute Gasteiger partial charge is 0.447 e. The summed E-state index contributed by atoms with van der Waals surface area (Å²) >= 11 is 5.86. The van der Waals surface area contributed by atoms with Crippen LogP contribution in [0.2, 0.25) is 5.02 Å². The summed E-state index contributed by atoms with van der Waals surface area (Å²) < 4.78 is 31.7. The molecule has 1 aliphatic heterocycles. The molecule has 0 atom stereocenters. The summed E-state index contributed by atoms with van der Waals surface area (Å²) in [5, 5.41) is 2.80. The summed E-state index contributed by atoms with van der Waals surface area (Å²) in [6.07, 6.45) is 1.32. The molecule has 0 unspecified atom stereocenters. The van der Waals surface area contributed by atoms with Crippen LogP contribution in [0.5, 0.6) is 0 Å². The van der Waals surface area contributed by atoms with Crippen molar-refractivity contribution in [3.05, 3.63) is 82.5 Å². The number of nitrogens with zero attached hydrogens (tertiary/aromatic N) is 3. The van der Waals surface area contributed by atoms with Crippen LogP contribution < -0.4 is 5.32 Å². The number of aromatic nitrogens is 1. The van der Waals surface area contributed by atoms with Crippen molar-refractivity contribution in [1.29, 1.82) is 0 Å². The van der Waals surface area contributed by atoms with Gasteiger partial charge in [0.25, 0.3) is 5.91 Å². The van der Waals surface area contributed by atoms with Gasteiger partial charge >= 0.3 is 0 Å². The number of hydrogen-bond donors (Lipinski definition) is 1. The third kappa shape index (κ3) is 5.66. The van der Waals surface area contributed by atoms with E-state index in [-0.39, 0.29) is 16.5 Å². The minimum absolute atomic E-state index is 0.138. The van der Waals surface area contributed by atoms with Crippen LogP contribution in [0.1, 0.15) is 21.9 Å². The molecule has 0 radical (unpaired) electrons. The number of rotatable bonds is 6. The lowest BCUT2D eigenvalue weighted by molar-refractivity contribution is 0.102. The van der Waals surface area contributed by atoms with E-state index < -0.39 is 11.7 Å². The molecule has 2 heterocycles. The maximum Gasteiger partial charge on any atom is 0.277 e. The Morgan fingerprint density at radius 3 is 2.39 bits per heavy atom. The topological polar surface area (TPSA) is 61.6 Å². The van der Waals surface area contributed by atoms with E-state index in [0.29, 0.717) is 24.7 Å². The van der Waals surface area contributed by atoms with Crippen LogP contribution in [0.25, 0.3) is 0 Å². The van der Waals surface area contributed by atoms with E-state index in [0.717, 1.165) is 31.7 Å². The Morgan fingerprint density at radius 1 is 1.03 bits per heavy atom. The highest BCUT2D eigenvalue weighted by molar-refractivity contribution is 6.30. The van der Waals surface area contributed by atoms with E-state index in [2.05, 4.69) is 20.1 Å². The number of benzene rings is 2. The van der Waals surface area contributed by atoms with E-state index in [1.165, 1.54) is 36.6 Å². The quantitative estimate of drug-likeness (QED) is 0.615. The van der Waals surface area contributed by atoms with Gasteiger partial charge in [-0.15, -0.1) is 0 Å². The Labute approximate surface area is 183 Å². The smallest absolute Gasteiger partial charge is 0.277 e. The van der Waals surface area contributed by atoms with Crippen LogP contribution >= 0.6 is 11.6 Å². The number of oxazole rings is 1. The zero-order valence-corrected chi connectivity index (χ0v) is 17.4. The molecule has 1 amide bonds. The van der Waals surface area contributed by atoms with Gasteiger partial charge in [-0.05, 0) is 42.0 Å². The molecule has 31 heavy (non-hydrogen) atoms. The number of amides is 1. The van der Waals surface area contributed by atoms with Gasteiger partial charge in [-0.25, -0.2) is 13.8 Å². The number of anilines is 1. The van der Waals surface area contributed by atoms with Crippen molar-refractivity contribution < 1.29 is 18.0 Å². The molecule has 9 heteroatoms. The highest BCUT2D eigenvalue weighted by Crippen LogP contribution is 2.18. The number of piperazine rings is 1. The van der Waals surface area contributed by atoms with Gasteiger partial charge in [-0.3, -0.25) is 14.6 Å². The first-order valence-electron chi connectivity index (χ1n) is 9.86. The Balaban J connectivity index is 1.26. The lowest BCUT2D eigenvalue weighted by atomic mass is 10.2. The van der Waals surface area contributed by atoms with Crippen LogP contribution in [0, 0.1) is 11.6 Å². The van der Waals surface area contributed by atoms with Crippen LogP contribution in [0.4, 0.5) is 14.5 Å². The number of nitrogens with one attached hydrogen (secondary N) is 1.